The quantitative estimate of drug-likeness (QED) is 0.338. The van der Waals surface area contributed by atoms with Gasteiger partial charge in [0.05, 0.1) is 0 Å². The summed E-state index contributed by atoms with van der Waals surface area (Å²) < 4.78 is 23.7. The highest BCUT2D eigenvalue weighted by Gasteiger charge is 2.04. The van der Waals surface area contributed by atoms with E-state index in [1.54, 1.807) is 0 Å². The van der Waals surface area contributed by atoms with Crippen molar-refractivity contribution in [2.45, 2.75) is 90.9 Å². The van der Waals surface area contributed by atoms with Crippen molar-refractivity contribution in [2.24, 2.45) is 0 Å². The summed E-state index contributed by atoms with van der Waals surface area (Å²) in [6.45, 7) is 4.45. The van der Waals surface area contributed by atoms with Gasteiger partial charge in [-0.3, -0.25) is 8.42 Å². The smallest absolute Gasteiger partial charge is 0.0350 e. The molecule has 0 fully saturated rings. The minimum atomic E-state index is -0.752. The molecule has 0 aliphatic carbocycles. The van der Waals surface area contributed by atoms with E-state index in [4.69, 9.17) is 0 Å². The standard InChI is InChI=1S/C18H38O2S2/c1-3-5-7-9-11-13-15-21(19)17-18-22(20)16-14-12-10-8-6-4-2/h3-18H2,1-2H3. The molecule has 0 aromatic carbocycles. The first-order valence-electron chi connectivity index (χ1n) is 9.40. The highest BCUT2D eigenvalue weighted by molar-refractivity contribution is 7.88. The third kappa shape index (κ3) is 16.7. The van der Waals surface area contributed by atoms with Crippen LogP contribution in [0.1, 0.15) is 90.9 Å². The second-order valence-electron chi connectivity index (χ2n) is 6.23. The van der Waals surface area contributed by atoms with Crippen LogP contribution in [-0.2, 0) is 21.6 Å². The topological polar surface area (TPSA) is 34.1 Å². The normalized spacial score (nSPS) is 14.1. The SMILES string of the molecule is CCCCCCCCS(=O)CCS(=O)CCCCCCCC. The molecule has 0 N–H and O–H groups in total. The molecular weight excluding hydrogens is 312 g/mol. The van der Waals surface area contributed by atoms with Crippen molar-refractivity contribution in [3.8, 4) is 0 Å². The molecule has 0 heterocycles. The number of hydrogen-bond donors (Lipinski definition) is 0. The van der Waals surface area contributed by atoms with Crippen LogP contribution in [0.3, 0.4) is 0 Å². The van der Waals surface area contributed by atoms with Gasteiger partial charge in [-0.05, 0) is 12.8 Å². The lowest BCUT2D eigenvalue weighted by molar-refractivity contribution is 0.621. The average molecular weight is 351 g/mol. The van der Waals surface area contributed by atoms with E-state index in [9.17, 15) is 8.42 Å². The van der Waals surface area contributed by atoms with Crippen LogP contribution in [0, 0.1) is 0 Å². The first-order valence-corrected chi connectivity index (χ1v) is 12.4. The molecule has 4 heteroatoms. The van der Waals surface area contributed by atoms with Gasteiger partial charge in [-0.15, -0.1) is 0 Å². The molecule has 0 amide bonds. The zero-order valence-electron chi connectivity index (χ0n) is 14.9. The summed E-state index contributed by atoms with van der Waals surface area (Å²) in [5, 5.41) is 0. The van der Waals surface area contributed by atoms with Gasteiger partial charge in [0, 0.05) is 44.6 Å². The van der Waals surface area contributed by atoms with Crippen LogP contribution in [0.2, 0.25) is 0 Å². The Bertz CT molecular complexity index is 252. The maximum absolute atomic E-state index is 11.9. The van der Waals surface area contributed by atoms with Crippen LogP contribution in [0.4, 0.5) is 0 Å². The molecule has 2 nitrogen and oxygen atoms in total. The predicted octanol–water partition coefficient (Wildman–Crippen LogP) is 5.20. The molecule has 0 bridgehead atoms. The fourth-order valence-corrected chi connectivity index (χ4v) is 5.42. The maximum Gasteiger partial charge on any atom is 0.0350 e. The summed E-state index contributed by atoms with van der Waals surface area (Å²) in [7, 11) is -1.50. The van der Waals surface area contributed by atoms with Crippen LogP contribution < -0.4 is 0 Å². The molecule has 0 rings (SSSR count). The molecule has 0 aromatic rings. The molecule has 134 valence electrons. The van der Waals surface area contributed by atoms with Gasteiger partial charge >= 0.3 is 0 Å². The van der Waals surface area contributed by atoms with Gasteiger partial charge in [-0.2, -0.15) is 0 Å². The van der Waals surface area contributed by atoms with E-state index in [0.29, 0.717) is 11.5 Å². The fourth-order valence-electron chi connectivity index (χ4n) is 2.48. The summed E-state index contributed by atoms with van der Waals surface area (Å²) in [5.74, 6) is 2.88. The first-order chi connectivity index (χ1) is 10.7. The Balaban J connectivity index is 3.36. The number of hydrogen-bond acceptors (Lipinski definition) is 2. The lowest BCUT2D eigenvalue weighted by atomic mass is 10.1. The van der Waals surface area contributed by atoms with Crippen LogP contribution in [0.5, 0.6) is 0 Å². The Morgan fingerprint density at radius 2 is 0.773 bits per heavy atom. The van der Waals surface area contributed by atoms with Crippen LogP contribution in [0.15, 0.2) is 0 Å². The molecule has 2 unspecified atom stereocenters. The number of rotatable bonds is 17. The Kier molecular flexibility index (Phi) is 17.9. The number of unbranched alkanes of at least 4 members (excludes halogenated alkanes) is 10. The Morgan fingerprint density at radius 3 is 1.14 bits per heavy atom. The van der Waals surface area contributed by atoms with Crippen molar-refractivity contribution in [3.05, 3.63) is 0 Å². The summed E-state index contributed by atoms with van der Waals surface area (Å²) >= 11 is 0. The van der Waals surface area contributed by atoms with Crippen molar-refractivity contribution in [3.63, 3.8) is 0 Å². The van der Waals surface area contributed by atoms with Crippen LogP contribution >= 0.6 is 0 Å². The van der Waals surface area contributed by atoms with Gasteiger partial charge in [0.15, 0.2) is 0 Å². The van der Waals surface area contributed by atoms with E-state index in [0.717, 1.165) is 24.3 Å². The minimum Gasteiger partial charge on any atom is -0.260 e. The zero-order valence-corrected chi connectivity index (χ0v) is 16.6. The van der Waals surface area contributed by atoms with E-state index < -0.39 is 21.6 Å². The Morgan fingerprint density at radius 1 is 0.455 bits per heavy atom. The van der Waals surface area contributed by atoms with Crippen LogP contribution in [-0.4, -0.2) is 31.4 Å². The van der Waals surface area contributed by atoms with Crippen molar-refractivity contribution >= 4 is 21.6 Å². The average Bonchev–Trinajstić information content (AvgIpc) is 2.52. The molecule has 0 aliphatic rings. The Labute approximate surface area is 144 Å². The molecule has 0 aliphatic heterocycles. The zero-order chi connectivity index (χ0) is 16.5. The largest absolute Gasteiger partial charge is 0.260 e. The van der Waals surface area contributed by atoms with Gasteiger partial charge in [0.1, 0.15) is 0 Å². The van der Waals surface area contributed by atoms with Crippen LogP contribution in [0.25, 0.3) is 0 Å². The Hall–Kier alpha value is 0.300. The van der Waals surface area contributed by atoms with E-state index in [2.05, 4.69) is 13.8 Å². The molecule has 0 saturated carbocycles. The monoisotopic (exact) mass is 350 g/mol. The summed E-state index contributed by atoms with van der Waals surface area (Å²) in [6, 6.07) is 0. The van der Waals surface area contributed by atoms with Gasteiger partial charge in [0.25, 0.3) is 0 Å². The summed E-state index contributed by atoms with van der Waals surface area (Å²) in [6.07, 6.45) is 14.9. The molecule has 22 heavy (non-hydrogen) atoms. The molecule has 0 radical (unpaired) electrons. The van der Waals surface area contributed by atoms with Crippen molar-refractivity contribution in [1.29, 1.82) is 0 Å². The molecule has 2 atom stereocenters. The van der Waals surface area contributed by atoms with E-state index in [1.165, 1.54) is 64.2 Å². The third-order valence-corrected chi connectivity index (χ3v) is 7.06. The first kappa shape index (κ1) is 22.3. The minimum absolute atomic E-state index is 0.636. The van der Waals surface area contributed by atoms with Crippen molar-refractivity contribution in [1.82, 2.24) is 0 Å². The van der Waals surface area contributed by atoms with E-state index in [1.807, 2.05) is 0 Å². The second kappa shape index (κ2) is 17.7. The second-order valence-corrected chi connectivity index (χ2v) is 9.62. The lowest BCUT2D eigenvalue weighted by Crippen LogP contribution is -2.12. The van der Waals surface area contributed by atoms with Gasteiger partial charge in [-0.25, -0.2) is 0 Å². The van der Waals surface area contributed by atoms with Crippen molar-refractivity contribution in [2.75, 3.05) is 23.0 Å². The van der Waals surface area contributed by atoms with E-state index in [-0.39, 0.29) is 0 Å². The van der Waals surface area contributed by atoms with Gasteiger partial charge < -0.3 is 0 Å². The predicted molar refractivity (Wildman–Crippen MR) is 103 cm³/mol. The van der Waals surface area contributed by atoms with Gasteiger partial charge in [-0.1, -0.05) is 78.1 Å². The lowest BCUT2D eigenvalue weighted by Gasteiger charge is -2.04. The summed E-state index contributed by atoms with van der Waals surface area (Å²) in [4.78, 5) is 0. The molecule has 0 spiro atoms. The van der Waals surface area contributed by atoms with E-state index >= 15 is 0 Å². The highest BCUT2D eigenvalue weighted by Crippen LogP contribution is 2.07. The highest BCUT2D eigenvalue weighted by atomic mass is 32.2. The molecule has 0 aromatic heterocycles. The third-order valence-electron chi connectivity index (χ3n) is 3.99. The molecule has 0 saturated heterocycles. The maximum atomic E-state index is 11.9. The van der Waals surface area contributed by atoms with Gasteiger partial charge in [0.2, 0.25) is 0 Å². The fraction of sp³-hybridized carbons (Fsp3) is 1.00. The summed E-state index contributed by atoms with van der Waals surface area (Å²) in [5.41, 5.74) is 0. The van der Waals surface area contributed by atoms with Crippen molar-refractivity contribution < 1.29 is 8.42 Å². The molecular formula is C18H38O2S2.